The van der Waals surface area contributed by atoms with E-state index in [-0.39, 0.29) is 11.5 Å². The summed E-state index contributed by atoms with van der Waals surface area (Å²) in [6.45, 7) is 7.42. The summed E-state index contributed by atoms with van der Waals surface area (Å²) in [5, 5.41) is 3.00. The molecule has 9 nitrogen and oxygen atoms in total. The van der Waals surface area contributed by atoms with Gasteiger partial charge in [-0.2, -0.15) is 0 Å². The van der Waals surface area contributed by atoms with E-state index in [1.807, 2.05) is 20.8 Å². The van der Waals surface area contributed by atoms with Gasteiger partial charge in [-0.1, -0.05) is 20.8 Å². The molecule has 1 aliphatic rings. The molecule has 0 fully saturated rings. The van der Waals surface area contributed by atoms with E-state index in [0.717, 1.165) is 23.5 Å². The molecule has 0 spiro atoms. The van der Waals surface area contributed by atoms with E-state index >= 15 is 0 Å². The third kappa shape index (κ3) is 4.66. The number of amides is 1. The fourth-order valence-corrected chi connectivity index (χ4v) is 3.40. The lowest BCUT2D eigenvalue weighted by Crippen LogP contribution is -2.36. The minimum Gasteiger partial charge on any atom is -0.325 e. The second kappa shape index (κ2) is 8.35. The van der Waals surface area contributed by atoms with Crippen molar-refractivity contribution < 1.29 is 4.79 Å². The summed E-state index contributed by atoms with van der Waals surface area (Å²) in [6, 6.07) is 1.80. The van der Waals surface area contributed by atoms with E-state index < -0.39 is 5.41 Å². The summed E-state index contributed by atoms with van der Waals surface area (Å²) in [4.78, 5) is 47.0. The van der Waals surface area contributed by atoms with Gasteiger partial charge in [0.1, 0.15) is 12.2 Å². The van der Waals surface area contributed by atoms with Gasteiger partial charge < -0.3 is 10.3 Å². The number of hydrogen-bond acceptors (Lipinski definition) is 7. The van der Waals surface area contributed by atoms with Crippen LogP contribution in [0.4, 0.5) is 5.69 Å². The highest BCUT2D eigenvalue weighted by Gasteiger charge is 2.24. The van der Waals surface area contributed by atoms with Crippen LogP contribution in [0.5, 0.6) is 0 Å². The first-order valence-electron chi connectivity index (χ1n) is 10.2. The van der Waals surface area contributed by atoms with Crippen molar-refractivity contribution in [3.63, 3.8) is 0 Å². The molecule has 0 saturated carbocycles. The molecule has 3 aromatic heterocycles. The molecule has 0 radical (unpaired) electrons. The second-order valence-electron chi connectivity index (χ2n) is 8.66. The quantitative estimate of drug-likeness (QED) is 0.665. The molecule has 3 aromatic rings. The van der Waals surface area contributed by atoms with Crippen molar-refractivity contribution in [2.24, 2.45) is 5.41 Å². The Morgan fingerprint density at radius 1 is 1.19 bits per heavy atom. The van der Waals surface area contributed by atoms with Crippen molar-refractivity contribution in [2.75, 3.05) is 11.9 Å². The van der Waals surface area contributed by atoms with Gasteiger partial charge in [-0.25, -0.2) is 15.0 Å². The number of pyridine rings is 1. The maximum atomic E-state index is 12.7. The molecule has 160 valence electrons. The number of nitrogens with zero attached hydrogens (tertiary/aromatic N) is 5. The summed E-state index contributed by atoms with van der Waals surface area (Å²) in [7, 11) is 0. The van der Waals surface area contributed by atoms with E-state index in [1.54, 1.807) is 30.9 Å². The molecule has 9 heteroatoms. The molecule has 1 amide bonds. The number of anilines is 1. The van der Waals surface area contributed by atoms with E-state index in [9.17, 15) is 9.59 Å². The highest BCUT2D eigenvalue weighted by atomic mass is 16.2. The highest BCUT2D eigenvalue weighted by molar-refractivity contribution is 5.95. The highest BCUT2D eigenvalue weighted by Crippen LogP contribution is 2.23. The van der Waals surface area contributed by atoms with Crippen molar-refractivity contribution in [1.82, 2.24) is 29.8 Å². The SMILES string of the molecule is CC(C)(C)C(=O)Nc1ccncc1CN1CCc2nc(-c3cncnc3)[nH]c(=O)c2C1. The number of H-pyrrole nitrogens is 1. The standard InChI is InChI=1S/C22H25N7O2/c1-22(2,3)21(31)27-17-4-6-23-10-15(17)11-29-7-5-18-16(12-29)20(30)28-19(26-18)14-8-24-13-25-9-14/h4,6,8-10,13H,5,7,11-12H2,1-3H3,(H,23,27,31)(H,26,28,30). The Morgan fingerprint density at radius 2 is 1.97 bits per heavy atom. The number of aromatic nitrogens is 5. The lowest BCUT2D eigenvalue weighted by Gasteiger charge is -2.28. The van der Waals surface area contributed by atoms with Crippen LogP contribution in [0.1, 0.15) is 37.6 Å². The van der Waals surface area contributed by atoms with E-state index in [2.05, 4.69) is 35.1 Å². The summed E-state index contributed by atoms with van der Waals surface area (Å²) in [6.07, 6.45) is 8.77. The minimum absolute atomic E-state index is 0.0537. The van der Waals surface area contributed by atoms with Crippen LogP contribution in [0.2, 0.25) is 0 Å². The van der Waals surface area contributed by atoms with Crippen LogP contribution in [0.25, 0.3) is 11.4 Å². The Bertz CT molecular complexity index is 1150. The zero-order valence-electron chi connectivity index (χ0n) is 17.8. The Labute approximate surface area is 180 Å². The van der Waals surface area contributed by atoms with Crippen molar-refractivity contribution in [2.45, 2.75) is 40.3 Å². The smallest absolute Gasteiger partial charge is 0.255 e. The summed E-state index contributed by atoms with van der Waals surface area (Å²) >= 11 is 0. The van der Waals surface area contributed by atoms with Gasteiger partial charge in [-0.15, -0.1) is 0 Å². The van der Waals surface area contributed by atoms with Gasteiger partial charge in [0, 0.05) is 67.5 Å². The first-order chi connectivity index (χ1) is 14.8. The van der Waals surface area contributed by atoms with Crippen molar-refractivity contribution in [3.8, 4) is 11.4 Å². The number of fused-ring (bicyclic) bond motifs is 1. The Hall–Kier alpha value is -3.46. The van der Waals surface area contributed by atoms with Gasteiger partial charge in [0.15, 0.2) is 0 Å². The van der Waals surface area contributed by atoms with Crippen molar-refractivity contribution in [3.05, 3.63) is 64.4 Å². The van der Waals surface area contributed by atoms with Gasteiger partial charge in [0.05, 0.1) is 16.8 Å². The lowest BCUT2D eigenvalue weighted by molar-refractivity contribution is -0.123. The van der Waals surface area contributed by atoms with Gasteiger partial charge in [-0.3, -0.25) is 19.5 Å². The molecule has 0 saturated heterocycles. The predicted molar refractivity (Wildman–Crippen MR) is 116 cm³/mol. The number of aromatic amines is 1. The van der Waals surface area contributed by atoms with Gasteiger partial charge in [-0.05, 0) is 6.07 Å². The Kier molecular flexibility index (Phi) is 5.60. The lowest BCUT2D eigenvalue weighted by atomic mass is 9.95. The third-order valence-electron chi connectivity index (χ3n) is 5.21. The maximum Gasteiger partial charge on any atom is 0.255 e. The summed E-state index contributed by atoms with van der Waals surface area (Å²) in [5.41, 5.74) is 3.14. The number of hydrogen-bond donors (Lipinski definition) is 2. The number of carbonyl (C=O) groups excluding carboxylic acids is 1. The van der Waals surface area contributed by atoms with Crippen LogP contribution in [0.15, 0.2) is 42.0 Å². The van der Waals surface area contributed by atoms with Crippen LogP contribution in [-0.2, 0) is 24.3 Å². The molecule has 0 aliphatic carbocycles. The molecule has 31 heavy (non-hydrogen) atoms. The third-order valence-corrected chi connectivity index (χ3v) is 5.21. The molecule has 0 bridgehead atoms. The minimum atomic E-state index is -0.495. The molecule has 2 N–H and O–H groups in total. The van der Waals surface area contributed by atoms with Crippen molar-refractivity contribution in [1.29, 1.82) is 0 Å². The topological polar surface area (TPSA) is 117 Å². The first kappa shape index (κ1) is 20.8. The van der Waals surface area contributed by atoms with Crippen molar-refractivity contribution >= 4 is 11.6 Å². The maximum absolute atomic E-state index is 12.7. The van der Waals surface area contributed by atoms with Crippen LogP contribution in [0.3, 0.4) is 0 Å². The van der Waals surface area contributed by atoms with Crippen LogP contribution < -0.4 is 10.9 Å². The summed E-state index contributed by atoms with van der Waals surface area (Å²) in [5.74, 6) is 0.430. The first-order valence-corrected chi connectivity index (χ1v) is 10.2. The van der Waals surface area contributed by atoms with E-state index in [4.69, 9.17) is 0 Å². The fourth-order valence-electron chi connectivity index (χ4n) is 3.40. The monoisotopic (exact) mass is 419 g/mol. The number of carbonyl (C=O) groups is 1. The fraction of sp³-hybridized carbons (Fsp3) is 0.364. The zero-order valence-corrected chi connectivity index (χ0v) is 17.8. The Balaban J connectivity index is 1.53. The molecule has 0 unspecified atom stereocenters. The molecule has 4 heterocycles. The number of nitrogens with one attached hydrogen (secondary N) is 2. The average molecular weight is 419 g/mol. The normalized spacial score (nSPS) is 14.2. The van der Waals surface area contributed by atoms with E-state index in [0.29, 0.717) is 36.5 Å². The van der Waals surface area contributed by atoms with Crippen LogP contribution in [-0.4, -0.2) is 42.3 Å². The molecular weight excluding hydrogens is 394 g/mol. The Morgan fingerprint density at radius 3 is 2.71 bits per heavy atom. The molecule has 1 aliphatic heterocycles. The molecular formula is C22H25N7O2. The number of rotatable bonds is 4. The average Bonchev–Trinajstić information content (AvgIpc) is 2.75. The van der Waals surface area contributed by atoms with Crippen LogP contribution in [0, 0.1) is 5.41 Å². The van der Waals surface area contributed by atoms with Gasteiger partial charge >= 0.3 is 0 Å². The largest absolute Gasteiger partial charge is 0.325 e. The molecule has 0 atom stereocenters. The van der Waals surface area contributed by atoms with Crippen LogP contribution >= 0.6 is 0 Å². The van der Waals surface area contributed by atoms with E-state index in [1.165, 1.54) is 6.33 Å². The predicted octanol–water partition coefficient (Wildman–Crippen LogP) is 2.16. The molecule has 0 aromatic carbocycles. The van der Waals surface area contributed by atoms with Gasteiger partial charge in [0.25, 0.3) is 5.56 Å². The second-order valence-corrected chi connectivity index (χ2v) is 8.66. The zero-order chi connectivity index (χ0) is 22.0. The van der Waals surface area contributed by atoms with Gasteiger partial charge in [0.2, 0.25) is 5.91 Å². The molecule has 4 rings (SSSR count). The summed E-state index contributed by atoms with van der Waals surface area (Å²) < 4.78 is 0.